The fourth-order valence-corrected chi connectivity index (χ4v) is 7.61. The lowest BCUT2D eigenvalue weighted by molar-refractivity contribution is -0.659. The van der Waals surface area contributed by atoms with E-state index in [9.17, 15) is 0 Å². The molecule has 0 saturated carbocycles. The van der Waals surface area contributed by atoms with Crippen molar-refractivity contribution in [1.82, 2.24) is 0 Å². The third-order valence-electron chi connectivity index (χ3n) is 7.49. The maximum absolute atomic E-state index is 2.44. The van der Waals surface area contributed by atoms with Gasteiger partial charge in [0.25, 0.3) is 0 Å². The number of benzene rings is 4. The highest BCUT2D eigenvalue weighted by atomic mass is 32.2. The molecule has 1 nitrogen and oxygen atoms in total. The van der Waals surface area contributed by atoms with Gasteiger partial charge in [-0.1, -0.05) is 88.8 Å². The molecule has 0 fully saturated rings. The highest BCUT2D eigenvalue weighted by Gasteiger charge is 2.32. The van der Waals surface area contributed by atoms with Crippen LogP contribution >= 0.6 is 11.8 Å². The molecule has 0 N–H and O–H groups in total. The van der Waals surface area contributed by atoms with Crippen LogP contribution in [0.4, 0.5) is 0 Å². The molecule has 6 rings (SSSR count). The largest absolute Gasteiger partial charge is 0.222 e. The van der Waals surface area contributed by atoms with Crippen LogP contribution in [0, 0.1) is 12.3 Å². The first kappa shape index (κ1) is 22.6. The molecule has 35 heavy (non-hydrogen) atoms. The molecule has 2 heteroatoms. The lowest BCUT2D eigenvalue weighted by Gasteiger charge is -2.26. The molecule has 1 aliphatic heterocycles. The number of nitrogens with zero attached hydrogens (tertiary/aromatic N) is 1. The van der Waals surface area contributed by atoms with Crippen molar-refractivity contribution in [3.05, 3.63) is 77.5 Å². The number of pyridine rings is 1. The maximum Gasteiger partial charge on any atom is 0.222 e. The molecule has 0 bridgehead atoms. The summed E-state index contributed by atoms with van der Waals surface area (Å²) in [5.41, 5.74) is 7.34. The van der Waals surface area contributed by atoms with Crippen LogP contribution in [0.15, 0.2) is 70.6 Å². The summed E-state index contributed by atoms with van der Waals surface area (Å²) in [5.74, 6) is 0.452. The van der Waals surface area contributed by atoms with Crippen molar-refractivity contribution >= 4 is 44.1 Å². The second-order valence-corrected chi connectivity index (χ2v) is 12.8. The molecule has 1 aliphatic rings. The summed E-state index contributed by atoms with van der Waals surface area (Å²) in [4.78, 5) is 2.82. The van der Waals surface area contributed by atoms with E-state index in [1.807, 2.05) is 11.8 Å². The van der Waals surface area contributed by atoms with Crippen LogP contribution in [0.25, 0.3) is 43.6 Å². The van der Waals surface area contributed by atoms with E-state index in [0.717, 1.165) is 6.42 Å². The standard InChI is InChI=1S/C33H34NS/c1-19(2)28-24-11-9-8-10-23(24)20(3)29-31-30-25(14-15-34(31)7)26-16-21(18-33(4,5)6)12-13-22(26)17-27(30)35-32(28)29/h8-17,19H,18H2,1-7H3/q+1. The summed E-state index contributed by atoms with van der Waals surface area (Å²) in [6.45, 7) is 14.0. The van der Waals surface area contributed by atoms with Gasteiger partial charge in [-0.3, -0.25) is 0 Å². The fourth-order valence-electron chi connectivity index (χ4n) is 6.08. The van der Waals surface area contributed by atoms with Gasteiger partial charge in [0.2, 0.25) is 5.69 Å². The molecule has 4 aromatic carbocycles. The summed E-state index contributed by atoms with van der Waals surface area (Å²) in [5, 5.41) is 8.27. The Labute approximate surface area is 213 Å². The Morgan fingerprint density at radius 1 is 0.886 bits per heavy atom. The number of hydrogen-bond donors (Lipinski definition) is 0. The number of fused-ring (bicyclic) bond motifs is 5. The monoisotopic (exact) mass is 476 g/mol. The van der Waals surface area contributed by atoms with Gasteiger partial charge in [-0.2, -0.15) is 0 Å². The number of aryl methyl sites for hydroxylation is 2. The van der Waals surface area contributed by atoms with E-state index in [4.69, 9.17) is 0 Å². The van der Waals surface area contributed by atoms with Crippen molar-refractivity contribution in [3.63, 3.8) is 0 Å². The van der Waals surface area contributed by atoms with E-state index in [2.05, 4.69) is 114 Å². The minimum atomic E-state index is 0.271. The Hall–Kier alpha value is -2.84. The van der Waals surface area contributed by atoms with Gasteiger partial charge >= 0.3 is 0 Å². The second-order valence-electron chi connectivity index (χ2n) is 11.8. The van der Waals surface area contributed by atoms with Crippen molar-refractivity contribution < 1.29 is 4.57 Å². The zero-order chi connectivity index (χ0) is 24.6. The van der Waals surface area contributed by atoms with Crippen molar-refractivity contribution in [1.29, 1.82) is 0 Å². The first-order chi connectivity index (χ1) is 16.6. The Morgan fingerprint density at radius 2 is 1.63 bits per heavy atom. The van der Waals surface area contributed by atoms with Gasteiger partial charge in [-0.15, -0.1) is 0 Å². The molecular formula is C33H34NS+. The summed E-state index contributed by atoms with van der Waals surface area (Å²) < 4.78 is 2.35. The summed E-state index contributed by atoms with van der Waals surface area (Å²) in [6, 6.07) is 20.9. The fraction of sp³-hybridized carbons (Fsp3) is 0.303. The van der Waals surface area contributed by atoms with Gasteiger partial charge in [0, 0.05) is 21.2 Å². The Kier molecular flexibility index (Phi) is 5.06. The summed E-state index contributed by atoms with van der Waals surface area (Å²) in [7, 11) is 2.21. The van der Waals surface area contributed by atoms with Crippen LogP contribution in [0.2, 0.25) is 0 Å². The van der Waals surface area contributed by atoms with E-state index in [1.54, 1.807) is 0 Å². The van der Waals surface area contributed by atoms with E-state index in [-0.39, 0.29) is 5.41 Å². The van der Waals surface area contributed by atoms with E-state index in [1.165, 1.54) is 70.1 Å². The highest BCUT2D eigenvalue weighted by Crippen LogP contribution is 2.53. The molecule has 0 amide bonds. The quantitative estimate of drug-likeness (QED) is 0.178. The predicted octanol–water partition coefficient (Wildman–Crippen LogP) is 9.12. The van der Waals surface area contributed by atoms with Gasteiger partial charge in [0.1, 0.15) is 7.05 Å². The first-order valence-corrected chi connectivity index (χ1v) is 13.6. The van der Waals surface area contributed by atoms with E-state index < -0.39 is 0 Å². The minimum Gasteiger partial charge on any atom is -0.200 e. The van der Waals surface area contributed by atoms with Crippen molar-refractivity contribution in [2.75, 3.05) is 0 Å². The molecule has 0 spiro atoms. The normalized spacial score (nSPS) is 13.3. The van der Waals surface area contributed by atoms with Crippen molar-refractivity contribution in [2.45, 2.75) is 63.7 Å². The molecule has 0 atom stereocenters. The van der Waals surface area contributed by atoms with Crippen LogP contribution < -0.4 is 4.57 Å². The Balaban J connectivity index is 1.75. The molecular weight excluding hydrogens is 442 g/mol. The van der Waals surface area contributed by atoms with Gasteiger partial charge in [0.15, 0.2) is 6.20 Å². The van der Waals surface area contributed by atoms with Crippen molar-refractivity contribution in [3.8, 4) is 11.3 Å². The van der Waals surface area contributed by atoms with Crippen molar-refractivity contribution in [2.24, 2.45) is 12.5 Å². The molecule has 2 heterocycles. The van der Waals surface area contributed by atoms with Gasteiger partial charge in [-0.25, -0.2) is 4.57 Å². The van der Waals surface area contributed by atoms with Gasteiger partial charge < -0.3 is 0 Å². The molecule has 0 aliphatic carbocycles. The third-order valence-corrected chi connectivity index (χ3v) is 8.66. The molecule has 5 aromatic rings. The third kappa shape index (κ3) is 3.49. The van der Waals surface area contributed by atoms with Gasteiger partial charge in [0.05, 0.1) is 10.9 Å². The Bertz CT molecular complexity index is 1670. The smallest absolute Gasteiger partial charge is 0.200 e. The molecule has 176 valence electrons. The number of aromatic nitrogens is 1. The van der Waals surface area contributed by atoms with E-state index >= 15 is 0 Å². The lowest BCUT2D eigenvalue weighted by Crippen LogP contribution is -2.32. The maximum atomic E-state index is 2.44. The topological polar surface area (TPSA) is 3.88 Å². The molecule has 0 unspecified atom stereocenters. The second kappa shape index (κ2) is 7.83. The van der Waals surface area contributed by atoms with Crippen LogP contribution in [-0.2, 0) is 13.5 Å². The average Bonchev–Trinajstić information content (AvgIpc) is 2.79. The van der Waals surface area contributed by atoms with Crippen LogP contribution in [0.5, 0.6) is 0 Å². The molecule has 0 saturated heterocycles. The predicted molar refractivity (Wildman–Crippen MR) is 152 cm³/mol. The first-order valence-electron chi connectivity index (χ1n) is 12.8. The number of hydrogen-bond acceptors (Lipinski definition) is 1. The number of rotatable bonds is 2. The molecule has 1 aromatic heterocycles. The molecule has 0 radical (unpaired) electrons. The average molecular weight is 477 g/mol. The minimum absolute atomic E-state index is 0.271. The van der Waals surface area contributed by atoms with Gasteiger partial charge in [-0.05, 0) is 69.0 Å². The van der Waals surface area contributed by atoms with Crippen LogP contribution in [0.3, 0.4) is 0 Å². The highest BCUT2D eigenvalue weighted by molar-refractivity contribution is 8.00. The Morgan fingerprint density at radius 3 is 2.34 bits per heavy atom. The lowest BCUT2D eigenvalue weighted by atomic mass is 9.86. The van der Waals surface area contributed by atoms with Crippen LogP contribution in [-0.4, -0.2) is 0 Å². The summed E-state index contributed by atoms with van der Waals surface area (Å²) in [6.07, 6.45) is 3.35. The SMILES string of the molecule is Cc1c2c(c(C(C)C)c3ccccc13)Sc1cc3ccc(CC(C)(C)C)cc3c3cc[n+](C)c-2c13. The zero-order valence-electron chi connectivity index (χ0n) is 21.9. The summed E-state index contributed by atoms with van der Waals surface area (Å²) >= 11 is 1.98. The van der Waals surface area contributed by atoms with Crippen LogP contribution in [0.1, 0.15) is 57.2 Å². The zero-order valence-corrected chi connectivity index (χ0v) is 22.7. The van der Waals surface area contributed by atoms with E-state index in [0.29, 0.717) is 5.92 Å².